The van der Waals surface area contributed by atoms with Crippen LogP contribution < -0.4 is 4.74 Å². The Hall–Kier alpha value is -1.98. The minimum atomic E-state index is 0.399. The standard InChI is InChI=1S/C17H22N4O/c1-20-9-10-21(12-15-11-18-7-8-19-15)13-17(20)14-3-5-16(22-2)6-4-14/h3-8,11,17H,9-10,12-13H2,1-2H3/t17-/m1/s1. The molecule has 0 unspecified atom stereocenters. The van der Waals surface area contributed by atoms with E-state index in [2.05, 4.69) is 38.9 Å². The molecule has 0 radical (unpaired) electrons. The largest absolute Gasteiger partial charge is 0.497 e. The summed E-state index contributed by atoms with van der Waals surface area (Å²) in [6.45, 7) is 3.96. The highest BCUT2D eigenvalue weighted by molar-refractivity contribution is 5.29. The second-order valence-electron chi connectivity index (χ2n) is 5.70. The number of hydrogen-bond donors (Lipinski definition) is 0. The lowest BCUT2D eigenvalue weighted by molar-refractivity contribution is 0.0895. The highest BCUT2D eigenvalue weighted by Gasteiger charge is 2.25. The van der Waals surface area contributed by atoms with Crippen molar-refractivity contribution in [2.75, 3.05) is 33.8 Å². The average Bonchev–Trinajstić information content (AvgIpc) is 2.58. The molecular formula is C17H22N4O. The highest BCUT2D eigenvalue weighted by Crippen LogP contribution is 2.26. The van der Waals surface area contributed by atoms with Crippen LogP contribution in [0.3, 0.4) is 0 Å². The predicted octanol–water partition coefficient (Wildman–Crippen LogP) is 1.97. The Labute approximate surface area is 131 Å². The fraction of sp³-hybridized carbons (Fsp3) is 0.412. The zero-order valence-electron chi connectivity index (χ0n) is 13.1. The normalized spacial score (nSPS) is 20.0. The smallest absolute Gasteiger partial charge is 0.118 e. The van der Waals surface area contributed by atoms with Crippen LogP contribution >= 0.6 is 0 Å². The van der Waals surface area contributed by atoms with Crippen LogP contribution in [-0.4, -0.2) is 53.6 Å². The first-order valence-corrected chi connectivity index (χ1v) is 7.57. The first kappa shape index (κ1) is 14.9. The van der Waals surface area contributed by atoms with Gasteiger partial charge in [-0.1, -0.05) is 12.1 Å². The van der Waals surface area contributed by atoms with Crippen molar-refractivity contribution in [2.24, 2.45) is 0 Å². The van der Waals surface area contributed by atoms with E-state index in [4.69, 9.17) is 4.74 Å². The Kier molecular flexibility index (Phi) is 4.65. The summed E-state index contributed by atoms with van der Waals surface area (Å²) in [5, 5.41) is 0. The molecule has 2 heterocycles. The summed E-state index contributed by atoms with van der Waals surface area (Å²) >= 11 is 0. The first-order chi connectivity index (χ1) is 10.8. The fourth-order valence-corrected chi connectivity index (χ4v) is 2.90. The Bertz CT molecular complexity index is 587. The van der Waals surface area contributed by atoms with Crippen LogP contribution in [0.1, 0.15) is 17.3 Å². The second kappa shape index (κ2) is 6.85. The molecule has 22 heavy (non-hydrogen) atoms. The van der Waals surface area contributed by atoms with E-state index in [0.717, 1.165) is 37.6 Å². The van der Waals surface area contributed by atoms with E-state index in [1.807, 2.05) is 18.3 Å². The maximum Gasteiger partial charge on any atom is 0.118 e. The number of rotatable bonds is 4. The second-order valence-corrected chi connectivity index (χ2v) is 5.70. The van der Waals surface area contributed by atoms with Gasteiger partial charge in [0, 0.05) is 50.8 Å². The Balaban J connectivity index is 1.70. The molecule has 0 bridgehead atoms. The van der Waals surface area contributed by atoms with Crippen molar-refractivity contribution in [1.82, 2.24) is 19.8 Å². The van der Waals surface area contributed by atoms with Gasteiger partial charge in [-0.25, -0.2) is 0 Å². The summed E-state index contributed by atoms with van der Waals surface area (Å²) in [6, 6.07) is 8.78. The maximum atomic E-state index is 5.24. The molecule has 5 nitrogen and oxygen atoms in total. The zero-order chi connectivity index (χ0) is 15.4. The molecule has 1 aliphatic heterocycles. The lowest BCUT2D eigenvalue weighted by atomic mass is 10.0. The van der Waals surface area contributed by atoms with Gasteiger partial charge in [-0.05, 0) is 24.7 Å². The number of likely N-dealkylation sites (N-methyl/N-ethyl adjacent to an activating group) is 1. The van der Waals surface area contributed by atoms with Gasteiger partial charge >= 0.3 is 0 Å². The van der Waals surface area contributed by atoms with Crippen LogP contribution in [0.5, 0.6) is 5.75 Å². The van der Waals surface area contributed by atoms with Crippen LogP contribution in [0.15, 0.2) is 42.9 Å². The van der Waals surface area contributed by atoms with E-state index < -0.39 is 0 Å². The molecular weight excluding hydrogens is 276 g/mol. The summed E-state index contributed by atoms with van der Waals surface area (Å²) in [6.07, 6.45) is 5.32. The van der Waals surface area contributed by atoms with E-state index in [1.54, 1.807) is 19.5 Å². The van der Waals surface area contributed by atoms with Crippen molar-refractivity contribution >= 4 is 0 Å². The fourth-order valence-electron chi connectivity index (χ4n) is 2.90. The molecule has 2 aromatic rings. The van der Waals surface area contributed by atoms with E-state index >= 15 is 0 Å². The summed E-state index contributed by atoms with van der Waals surface area (Å²) in [5.41, 5.74) is 2.35. The minimum absolute atomic E-state index is 0.399. The lowest BCUT2D eigenvalue weighted by Gasteiger charge is -2.39. The first-order valence-electron chi connectivity index (χ1n) is 7.57. The molecule has 1 aliphatic rings. The lowest BCUT2D eigenvalue weighted by Crippen LogP contribution is -2.46. The molecule has 0 spiro atoms. The van der Waals surface area contributed by atoms with Crippen LogP contribution in [0.4, 0.5) is 0 Å². The van der Waals surface area contributed by atoms with Crippen molar-refractivity contribution < 1.29 is 4.74 Å². The van der Waals surface area contributed by atoms with Crippen LogP contribution in [0.25, 0.3) is 0 Å². The number of ether oxygens (including phenoxy) is 1. The zero-order valence-corrected chi connectivity index (χ0v) is 13.1. The molecule has 1 atom stereocenters. The third-order valence-electron chi connectivity index (χ3n) is 4.23. The third kappa shape index (κ3) is 3.43. The molecule has 3 rings (SSSR count). The summed E-state index contributed by atoms with van der Waals surface area (Å²) in [5.74, 6) is 0.902. The molecule has 0 saturated carbocycles. The van der Waals surface area contributed by atoms with Gasteiger partial charge in [0.2, 0.25) is 0 Å². The number of hydrogen-bond acceptors (Lipinski definition) is 5. The van der Waals surface area contributed by atoms with E-state index in [0.29, 0.717) is 6.04 Å². The molecule has 1 aromatic carbocycles. The van der Waals surface area contributed by atoms with Gasteiger partial charge in [-0.2, -0.15) is 0 Å². The number of piperazine rings is 1. The van der Waals surface area contributed by atoms with Crippen molar-refractivity contribution in [2.45, 2.75) is 12.6 Å². The van der Waals surface area contributed by atoms with Gasteiger partial charge in [0.1, 0.15) is 5.75 Å². The highest BCUT2D eigenvalue weighted by atomic mass is 16.5. The van der Waals surface area contributed by atoms with Gasteiger partial charge in [0.15, 0.2) is 0 Å². The summed E-state index contributed by atoms with van der Waals surface area (Å²) in [4.78, 5) is 13.4. The maximum absolute atomic E-state index is 5.24. The van der Waals surface area contributed by atoms with Crippen LogP contribution in [0.2, 0.25) is 0 Å². The van der Waals surface area contributed by atoms with Gasteiger partial charge in [-0.15, -0.1) is 0 Å². The number of benzene rings is 1. The molecule has 1 aromatic heterocycles. The molecule has 0 aliphatic carbocycles. The Morgan fingerprint density at radius 1 is 1.18 bits per heavy atom. The minimum Gasteiger partial charge on any atom is -0.497 e. The van der Waals surface area contributed by atoms with E-state index in [9.17, 15) is 0 Å². The van der Waals surface area contributed by atoms with Crippen molar-refractivity contribution in [1.29, 1.82) is 0 Å². The van der Waals surface area contributed by atoms with E-state index in [1.165, 1.54) is 5.56 Å². The quantitative estimate of drug-likeness (QED) is 0.863. The van der Waals surface area contributed by atoms with Gasteiger partial charge in [0.05, 0.1) is 12.8 Å². The third-order valence-corrected chi connectivity index (χ3v) is 4.23. The number of aromatic nitrogens is 2. The van der Waals surface area contributed by atoms with Crippen molar-refractivity contribution in [3.05, 3.63) is 54.1 Å². The van der Waals surface area contributed by atoms with Crippen LogP contribution in [0, 0.1) is 0 Å². The molecule has 1 saturated heterocycles. The van der Waals surface area contributed by atoms with Gasteiger partial charge in [-0.3, -0.25) is 19.8 Å². The Morgan fingerprint density at radius 3 is 2.68 bits per heavy atom. The van der Waals surface area contributed by atoms with Crippen molar-refractivity contribution in [3.8, 4) is 5.75 Å². The molecule has 0 N–H and O–H groups in total. The number of nitrogens with zero attached hydrogens (tertiary/aromatic N) is 4. The van der Waals surface area contributed by atoms with Crippen LogP contribution in [-0.2, 0) is 6.54 Å². The average molecular weight is 298 g/mol. The van der Waals surface area contributed by atoms with Crippen molar-refractivity contribution in [3.63, 3.8) is 0 Å². The topological polar surface area (TPSA) is 41.5 Å². The molecule has 116 valence electrons. The SMILES string of the molecule is COc1ccc([C@H]2CN(Cc3cnccn3)CCN2C)cc1. The summed E-state index contributed by atoms with van der Waals surface area (Å²) < 4.78 is 5.24. The van der Waals surface area contributed by atoms with Gasteiger partial charge < -0.3 is 4.74 Å². The van der Waals surface area contributed by atoms with Gasteiger partial charge in [0.25, 0.3) is 0 Å². The summed E-state index contributed by atoms with van der Waals surface area (Å²) in [7, 11) is 3.89. The molecule has 0 amide bonds. The Morgan fingerprint density at radius 2 is 2.00 bits per heavy atom. The number of methoxy groups -OCH3 is 1. The molecule has 5 heteroatoms. The predicted molar refractivity (Wildman–Crippen MR) is 85.7 cm³/mol. The van der Waals surface area contributed by atoms with E-state index in [-0.39, 0.29) is 0 Å². The monoisotopic (exact) mass is 298 g/mol. The molecule has 1 fully saturated rings.